The SMILES string of the molecule is CC(=O)OC[C@H]1O[C@@H](NC(=O)NC[C@H](NC(=O)[C@@H](N)CC(C)C)C(=O)NCC(=O)N[C@H](C(=O)O)C(C)C)[C@H](OC(C)=O)[C@@H](OC(C)=O)[C@@H]1OC(C)=O. The lowest BCUT2D eigenvalue weighted by molar-refractivity contribution is -0.255. The number of esters is 4. The summed E-state index contributed by atoms with van der Waals surface area (Å²) in [4.78, 5) is 111. The number of amides is 5. The zero-order valence-corrected chi connectivity index (χ0v) is 30.3. The zero-order chi connectivity index (χ0) is 39.9. The number of nitrogens with two attached hydrogens (primary N) is 1. The molecule has 1 aliphatic heterocycles. The lowest BCUT2D eigenvalue weighted by Crippen LogP contribution is -2.67. The largest absolute Gasteiger partial charge is 0.480 e. The van der Waals surface area contributed by atoms with Gasteiger partial charge in [0.2, 0.25) is 17.7 Å². The Morgan fingerprint density at radius 3 is 1.81 bits per heavy atom. The maximum Gasteiger partial charge on any atom is 0.326 e. The Morgan fingerprint density at radius 2 is 1.31 bits per heavy atom. The van der Waals surface area contributed by atoms with E-state index in [0.29, 0.717) is 0 Å². The average Bonchev–Trinajstić information content (AvgIpc) is 3.01. The van der Waals surface area contributed by atoms with Crippen LogP contribution in [0.1, 0.15) is 61.8 Å². The number of carbonyl (C=O) groups is 9. The second-order valence-electron chi connectivity index (χ2n) is 12.6. The minimum absolute atomic E-state index is 0.00495. The molecule has 0 saturated carbocycles. The van der Waals surface area contributed by atoms with Crippen LogP contribution in [0.5, 0.6) is 0 Å². The molecular weight excluding hydrogens is 696 g/mol. The molecule has 0 unspecified atom stereocenters. The van der Waals surface area contributed by atoms with Gasteiger partial charge in [0, 0.05) is 34.2 Å². The van der Waals surface area contributed by atoms with Crippen LogP contribution >= 0.6 is 0 Å². The van der Waals surface area contributed by atoms with Crippen LogP contribution in [-0.2, 0) is 62.0 Å². The van der Waals surface area contributed by atoms with Crippen molar-refractivity contribution in [3.05, 3.63) is 0 Å². The Morgan fingerprint density at radius 1 is 0.750 bits per heavy atom. The van der Waals surface area contributed by atoms with Crippen molar-refractivity contribution in [1.82, 2.24) is 26.6 Å². The van der Waals surface area contributed by atoms with Gasteiger partial charge in [-0.2, -0.15) is 0 Å². The van der Waals surface area contributed by atoms with Crippen LogP contribution in [-0.4, -0.2) is 127 Å². The van der Waals surface area contributed by atoms with Gasteiger partial charge in [0.05, 0.1) is 12.6 Å². The minimum Gasteiger partial charge on any atom is -0.480 e. The molecule has 0 spiro atoms. The highest BCUT2D eigenvalue weighted by Crippen LogP contribution is 2.28. The molecule has 52 heavy (non-hydrogen) atoms. The van der Waals surface area contributed by atoms with E-state index in [1.165, 1.54) is 0 Å². The van der Waals surface area contributed by atoms with Crippen molar-refractivity contribution in [3.63, 3.8) is 0 Å². The van der Waals surface area contributed by atoms with Gasteiger partial charge in [0.25, 0.3) is 0 Å². The average molecular weight is 747 g/mol. The molecule has 1 heterocycles. The van der Waals surface area contributed by atoms with E-state index in [1.807, 2.05) is 13.8 Å². The highest BCUT2D eigenvalue weighted by atomic mass is 16.7. The van der Waals surface area contributed by atoms with Gasteiger partial charge in [-0.25, -0.2) is 9.59 Å². The number of rotatable bonds is 18. The molecule has 0 aromatic rings. The van der Waals surface area contributed by atoms with Crippen molar-refractivity contribution in [2.24, 2.45) is 17.6 Å². The zero-order valence-electron chi connectivity index (χ0n) is 30.3. The number of aliphatic carboxylic acids is 1. The monoisotopic (exact) mass is 746 g/mol. The van der Waals surface area contributed by atoms with Gasteiger partial charge in [-0.05, 0) is 18.3 Å². The molecule has 0 aromatic carbocycles. The molecule has 0 aromatic heterocycles. The lowest BCUT2D eigenvalue weighted by atomic mass is 9.97. The summed E-state index contributed by atoms with van der Waals surface area (Å²) in [5.41, 5.74) is 5.96. The fourth-order valence-electron chi connectivity index (χ4n) is 4.85. The molecule has 8 N–H and O–H groups in total. The van der Waals surface area contributed by atoms with Crippen molar-refractivity contribution in [2.45, 2.75) is 111 Å². The fraction of sp³-hybridized carbons (Fsp3) is 0.710. The van der Waals surface area contributed by atoms with Crippen molar-refractivity contribution < 1.29 is 71.9 Å². The Labute approximate surface area is 300 Å². The van der Waals surface area contributed by atoms with Crippen LogP contribution in [0.2, 0.25) is 0 Å². The normalized spacial score (nSPS) is 21.3. The van der Waals surface area contributed by atoms with E-state index in [4.69, 9.17) is 29.4 Å². The molecular formula is C31H50N6O15. The number of carboxylic acids is 1. The van der Waals surface area contributed by atoms with Gasteiger partial charge in [0.1, 0.15) is 24.8 Å². The first-order valence-electron chi connectivity index (χ1n) is 16.3. The number of carboxylic acid groups (broad SMARTS) is 1. The van der Waals surface area contributed by atoms with Crippen LogP contribution in [0.3, 0.4) is 0 Å². The van der Waals surface area contributed by atoms with Crippen LogP contribution in [0.25, 0.3) is 0 Å². The van der Waals surface area contributed by atoms with Gasteiger partial charge in [0.15, 0.2) is 24.5 Å². The van der Waals surface area contributed by atoms with E-state index in [1.54, 1.807) is 13.8 Å². The second kappa shape index (κ2) is 21.3. The molecule has 0 radical (unpaired) electrons. The summed E-state index contributed by atoms with van der Waals surface area (Å²) in [6.07, 6.45) is -7.45. The third-order valence-corrected chi connectivity index (χ3v) is 7.10. The third kappa shape index (κ3) is 15.9. The van der Waals surface area contributed by atoms with E-state index in [0.717, 1.165) is 27.7 Å². The summed E-state index contributed by atoms with van der Waals surface area (Å²) in [5.74, 6) is -7.73. The van der Waals surface area contributed by atoms with Crippen LogP contribution in [0.4, 0.5) is 4.79 Å². The van der Waals surface area contributed by atoms with Crippen molar-refractivity contribution in [1.29, 1.82) is 0 Å². The minimum atomic E-state index is -1.64. The Bertz CT molecular complexity index is 1330. The number of nitrogens with one attached hydrogen (secondary N) is 5. The summed E-state index contributed by atoms with van der Waals surface area (Å²) < 4.78 is 26.7. The molecule has 1 fully saturated rings. The van der Waals surface area contributed by atoms with E-state index < -0.39 is 128 Å². The molecule has 8 atom stereocenters. The predicted molar refractivity (Wildman–Crippen MR) is 175 cm³/mol. The lowest BCUT2D eigenvalue weighted by Gasteiger charge is -2.44. The molecule has 0 bridgehead atoms. The standard InChI is InChI=1S/C31H50N6O15/c1-13(2)9-19(32)27(43)35-20(28(44)33-11-22(42)36-23(14(3)4)30(45)46)10-34-31(47)37-29-26(51-18(8)41)25(50-17(7)40)24(49-16(6)39)21(52-29)12-48-15(5)38/h13-14,19-21,23-26,29H,9-12,32H2,1-8H3,(H,33,44)(H,35,43)(H,36,42)(H,45,46)(H2,34,37,47)/t19-,20-,21+,23-,24+,25-,26+,29+/m0/s1. The molecule has 21 nitrogen and oxygen atoms in total. The number of ether oxygens (including phenoxy) is 5. The summed E-state index contributed by atoms with van der Waals surface area (Å²) in [6.45, 7) is 9.08. The van der Waals surface area contributed by atoms with Crippen molar-refractivity contribution >= 4 is 53.6 Å². The fourth-order valence-corrected chi connectivity index (χ4v) is 4.85. The highest BCUT2D eigenvalue weighted by molar-refractivity contribution is 5.93. The van der Waals surface area contributed by atoms with Crippen LogP contribution in [0.15, 0.2) is 0 Å². The Hall–Kier alpha value is -5.05. The highest BCUT2D eigenvalue weighted by Gasteiger charge is 2.52. The van der Waals surface area contributed by atoms with Crippen LogP contribution < -0.4 is 32.3 Å². The van der Waals surface area contributed by atoms with Crippen molar-refractivity contribution in [3.8, 4) is 0 Å². The maximum absolute atomic E-state index is 13.2. The van der Waals surface area contributed by atoms with Gasteiger partial charge in [-0.3, -0.25) is 33.6 Å². The predicted octanol–water partition coefficient (Wildman–Crippen LogP) is -2.43. The number of carbonyl (C=O) groups excluding carboxylic acids is 8. The quantitative estimate of drug-likeness (QED) is 0.0566. The smallest absolute Gasteiger partial charge is 0.326 e. The molecule has 5 amide bonds. The van der Waals surface area contributed by atoms with E-state index in [2.05, 4.69) is 26.6 Å². The van der Waals surface area contributed by atoms with Gasteiger partial charge < -0.3 is 61.1 Å². The number of hydrogen-bond acceptors (Lipinski definition) is 15. The van der Waals surface area contributed by atoms with Gasteiger partial charge in [-0.15, -0.1) is 0 Å². The first kappa shape index (κ1) is 45.0. The molecule has 294 valence electrons. The summed E-state index contributed by atoms with van der Waals surface area (Å²) in [5, 5.41) is 21.0. The Balaban J connectivity index is 3.28. The van der Waals surface area contributed by atoms with Gasteiger partial charge >= 0.3 is 35.9 Å². The van der Waals surface area contributed by atoms with Gasteiger partial charge in [-0.1, -0.05) is 27.7 Å². The van der Waals surface area contributed by atoms with Crippen LogP contribution in [0, 0.1) is 11.8 Å². The molecule has 1 saturated heterocycles. The number of urea groups is 1. The number of hydrogen-bond donors (Lipinski definition) is 7. The van der Waals surface area contributed by atoms with E-state index in [-0.39, 0.29) is 12.3 Å². The summed E-state index contributed by atoms with van der Waals surface area (Å²) in [7, 11) is 0. The topological polar surface area (TPSA) is 306 Å². The Kier molecular flexibility index (Phi) is 18.5. The first-order chi connectivity index (χ1) is 24.1. The third-order valence-electron chi connectivity index (χ3n) is 7.10. The molecule has 1 rings (SSSR count). The molecule has 1 aliphatic rings. The van der Waals surface area contributed by atoms with E-state index >= 15 is 0 Å². The molecule has 0 aliphatic carbocycles. The second-order valence-corrected chi connectivity index (χ2v) is 12.6. The van der Waals surface area contributed by atoms with Crippen molar-refractivity contribution in [2.75, 3.05) is 19.7 Å². The summed E-state index contributed by atoms with van der Waals surface area (Å²) in [6, 6.07) is -4.90. The first-order valence-corrected chi connectivity index (χ1v) is 16.3. The summed E-state index contributed by atoms with van der Waals surface area (Å²) >= 11 is 0. The van der Waals surface area contributed by atoms with E-state index in [9.17, 15) is 48.3 Å². The maximum atomic E-state index is 13.2. The molecule has 21 heteroatoms.